The van der Waals surface area contributed by atoms with Gasteiger partial charge in [0.15, 0.2) is 0 Å². The maximum atomic E-state index is 13.8. The van der Waals surface area contributed by atoms with Crippen molar-refractivity contribution >= 4 is 24.0 Å². The fourth-order valence-electron chi connectivity index (χ4n) is 2.62. The van der Waals surface area contributed by atoms with E-state index in [1.165, 1.54) is 6.07 Å². The van der Waals surface area contributed by atoms with Gasteiger partial charge in [0.2, 0.25) is 0 Å². The number of hydrogen-bond acceptors (Lipinski definition) is 3. The molecule has 3 rings (SSSR count). The van der Waals surface area contributed by atoms with Crippen LogP contribution in [-0.2, 0) is 0 Å². The lowest BCUT2D eigenvalue weighted by Gasteiger charge is -2.34. The summed E-state index contributed by atoms with van der Waals surface area (Å²) in [6, 6.07) is 8.68. The quantitative estimate of drug-likeness (QED) is 0.933. The number of benzene rings is 1. The van der Waals surface area contributed by atoms with Gasteiger partial charge in [-0.1, -0.05) is 17.7 Å². The van der Waals surface area contributed by atoms with Crippen LogP contribution in [0.2, 0.25) is 5.02 Å². The van der Waals surface area contributed by atoms with Crippen molar-refractivity contribution in [2.75, 3.05) is 26.2 Å². The molecule has 0 unspecified atom stereocenters. The molecular formula is C15H17Cl2FN2O. The van der Waals surface area contributed by atoms with Crippen LogP contribution in [0.15, 0.2) is 41.0 Å². The van der Waals surface area contributed by atoms with Crippen molar-refractivity contribution in [1.82, 2.24) is 10.2 Å². The maximum Gasteiger partial charge on any atom is 0.142 e. The van der Waals surface area contributed by atoms with Crippen LogP contribution in [0.5, 0.6) is 0 Å². The highest BCUT2D eigenvalue weighted by Crippen LogP contribution is 2.31. The summed E-state index contributed by atoms with van der Waals surface area (Å²) in [6.07, 6.45) is 1.65. The molecular weight excluding hydrogens is 314 g/mol. The van der Waals surface area contributed by atoms with Crippen molar-refractivity contribution in [3.8, 4) is 0 Å². The Hall–Kier alpha value is -1.07. The van der Waals surface area contributed by atoms with Gasteiger partial charge in [-0.15, -0.1) is 12.4 Å². The van der Waals surface area contributed by atoms with E-state index in [4.69, 9.17) is 16.0 Å². The van der Waals surface area contributed by atoms with Crippen molar-refractivity contribution in [3.05, 3.63) is 58.8 Å². The van der Waals surface area contributed by atoms with Crippen LogP contribution >= 0.6 is 24.0 Å². The lowest BCUT2D eigenvalue weighted by molar-refractivity contribution is 0.180. The van der Waals surface area contributed by atoms with E-state index in [2.05, 4.69) is 10.2 Å². The predicted molar refractivity (Wildman–Crippen MR) is 83.7 cm³/mol. The summed E-state index contributed by atoms with van der Waals surface area (Å²) in [5.41, 5.74) is 0.865. The van der Waals surface area contributed by atoms with Gasteiger partial charge in [-0.05, 0) is 29.8 Å². The number of nitrogens with one attached hydrogen (secondary N) is 1. The van der Waals surface area contributed by atoms with Crippen molar-refractivity contribution in [2.24, 2.45) is 0 Å². The molecule has 2 heterocycles. The largest absolute Gasteiger partial charge is 0.467 e. The Kier molecular flexibility index (Phi) is 5.65. The molecule has 1 fully saturated rings. The molecule has 114 valence electrons. The summed E-state index contributed by atoms with van der Waals surface area (Å²) in [5.74, 6) is 0.435. The Bertz CT molecular complexity index is 571. The monoisotopic (exact) mass is 330 g/mol. The predicted octanol–water partition coefficient (Wildman–Crippen LogP) is 3.49. The maximum absolute atomic E-state index is 13.8. The van der Waals surface area contributed by atoms with E-state index < -0.39 is 5.82 Å². The van der Waals surface area contributed by atoms with E-state index in [1.54, 1.807) is 12.3 Å². The smallest absolute Gasteiger partial charge is 0.142 e. The molecule has 0 bridgehead atoms. The van der Waals surface area contributed by atoms with E-state index in [-0.39, 0.29) is 23.5 Å². The fourth-order valence-corrected chi connectivity index (χ4v) is 2.74. The minimum Gasteiger partial charge on any atom is -0.467 e. The van der Waals surface area contributed by atoms with Gasteiger partial charge in [0, 0.05) is 26.2 Å². The SMILES string of the molecule is Cl.Fc1cc([C@@H](c2ccco2)N2CCNCC2)ccc1Cl. The van der Waals surface area contributed by atoms with Gasteiger partial charge in [0.05, 0.1) is 17.3 Å². The van der Waals surface area contributed by atoms with Crippen LogP contribution in [0, 0.1) is 5.82 Å². The average Bonchev–Trinajstić information content (AvgIpc) is 2.98. The van der Waals surface area contributed by atoms with Gasteiger partial charge in [-0.2, -0.15) is 0 Å². The molecule has 1 atom stereocenters. The Balaban J connectivity index is 0.00000161. The van der Waals surface area contributed by atoms with Gasteiger partial charge < -0.3 is 9.73 Å². The normalized spacial score (nSPS) is 17.2. The fraction of sp³-hybridized carbons (Fsp3) is 0.333. The van der Waals surface area contributed by atoms with Crippen molar-refractivity contribution in [1.29, 1.82) is 0 Å². The minimum atomic E-state index is -0.393. The molecule has 1 aliphatic heterocycles. The van der Waals surface area contributed by atoms with Gasteiger partial charge in [0.25, 0.3) is 0 Å². The summed E-state index contributed by atoms with van der Waals surface area (Å²) < 4.78 is 19.3. The highest BCUT2D eigenvalue weighted by Gasteiger charge is 2.26. The zero-order valence-electron chi connectivity index (χ0n) is 11.4. The third-order valence-electron chi connectivity index (χ3n) is 3.59. The molecule has 0 amide bonds. The first kappa shape index (κ1) is 16.3. The van der Waals surface area contributed by atoms with E-state index in [1.807, 2.05) is 18.2 Å². The van der Waals surface area contributed by atoms with E-state index in [0.717, 1.165) is 37.5 Å². The van der Waals surface area contributed by atoms with Crippen molar-refractivity contribution in [3.63, 3.8) is 0 Å². The van der Waals surface area contributed by atoms with Crippen LogP contribution in [0.1, 0.15) is 17.4 Å². The lowest BCUT2D eigenvalue weighted by atomic mass is 10.0. The molecule has 3 nitrogen and oxygen atoms in total. The second-order valence-electron chi connectivity index (χ2n) is 4.88. The Morgan fingerprint density at radius 1 is 1.24 bits per heavy atom. The van der Waals surface area contributed by atoms with Gasteiger partial charge in [-0.3, -0.25) is 4.90 Å². The van der Waals surface area contributed by atoms with Crippen molar-refractivity contribution < 1.29 is 8.81 Å². The van der Waals surface area contributed by atoms with Crippen molar-refractivity contribution in [2.45, 2.75) is 6.04 Å². The summed E-state index contributed by atoms with van der Waals surface area (Å²) in [7, 11) is 0. The third-order valence-corrected chi connectivity index (χ3v) is 3.90. The topological polar surface area (TPSA) is 28.4 Å². The second kappa shape index (κ2) is 7.27. The number of furan rings is 1. The molecule has 21 heavy (non-hydrogen) atoms. The molecule has 2 aromatic rings. The molecule has 0 aliphatic carbocycles. The molecule has 6 heteroatoms. The van der Waals surface area contributed by atoms with Crippen LogP contribution < -0.4 is 5.32 Å². The summed E-state index contributed by atoms with van der Waals surface area (Å²) in [6.45, 7) is 3.64. The van der Waals surface area contributed by atoms with E-state index >= 15 is 0 Å². The molecule has 1 aliphatic rings. The number of halogens is 3. The highest BCUT2D eigenvalue weighted by atomic mass is 35.5. The summed E-state index contributed by atoms with van der Waals surface area (Å²) in [5, 5.41) is 3.46. The number of hydrogen-bond donors (Lipinski definition) is 1. The van der Waals surface area contributed by atoms with Crippen LogP contribution in [0.4, 0.5) is 4.39 Å². The molecule has 1 aromatic heterocycles. The molecule has 1 saturated heterocycles. The Labute approximate surface area is 134 Å². The van der Waals surface area contributed by atoms with Gasteiger partial charge in [-0.25, -0.2) is 4.39 Å². The van der Waals surface area contributed by atoms with Crippen LogP contribution in [-0.4, -0.2) is 31.1 Å². The third kappa shape index (κ3) is 3.58. The summed E-state index contributed by atoms with van der Waals surface area (Å²) in [4.78, 5) is 2.29. The van der Waals surface area contributed by atoms with Gasteiger partial charge in [0.1, 0.15) is 11.6 Å². The first-order valence-electron chi connectivity index (χ1n) is 6.69. The van der Waals surface area contributed by atoms with Crippen LogP contribution in [0.25, 0.3) is 0 Å². The number of rotatable bonds is 3. The minimum absolute atomic E-state index is 0. The molecule has 1 aromatic carbocycles. The first-order chi connectivity index (χ1) is 9.75. The van der Waals surface area contributed by atoms with E-state index in [0.29, 0.717) is 0 Å². The Morgan fingerprint density at radius 2 is 2.00 bits per heavy atom. The lowest BCUT2D eigenvalue weighted by Crippen LogP contribution is -2.45. The zero-order chi connectivity index (χ0) is 13.9. The molecule has 1 N–H and O–H groups in total. The average molecular weight is 331 g/mol. The second-order valence-corrected chi connectivity index (χ2v) is 5.28. The number of piperazine rings is 1. The standard InChI is InChI=1S/C15H16ClFN2O.ClH/c16-12-4-3-11(10-13(12)17)15(14-2-1-9-20-14)19-7-5-18-6-8-19;/h1-4,9-10,15,18H,5-8H2;1H/t15-;/m0./s1. The number of nitrogens with zero attached hydrogens (tertiary/aromatic N) is 1. The first-order valence-corrected chi connectivity index (χ1v) is 7.06. The Morgan fingerprint density at radius 3 is 2.62 bits per heavy atom. The molecule has 0 spiro atoms. The molecule has 0 radical (unpaired) electrons. The molecule has 0 saturated carbocycles. The van der Waals surface area contributed by atoms with Crippen LogP contribution in [0.3, 0.4) is 0 Å². The highest BCUT2D eigenvalue weighted by molar-refractivity contribution is 6.30. The summed E-state index contributed by atoms with van der Waals surface area (Å²) >= 11 is 5.77. The van der Waals surface area contributed by atoms with Gasteiger partial charge >= 0.3 is 0 Å². The zero-order valence-corrected chi connectivity index (χ0v) is 13.0. The van der Waals surface area contributed by atoms with E-state index in [9.17, 15) is 4.39 Å².